The Morgan fingerprint density at radius 1 is 1.35 bits per heavy atom. The van der Waals surface area contributed by atoms with E-state index in [0.29, 0.717) is 5.56 Å². The van der Waals surface area contributed by atoms with Gasteiger partial charge in [-0.15, -0.1) is 11.3 Å². The molecule has 1 aromatic heterocycles. The van der Waals surface area contributed by atoms with Gasteiger partial charge in [-0.2, -0.15) is 0 Å². The molecular weight excluding hydrogens is 308 g/mol. The van der Waals surface area contributed by atoms with E-state index < -0.39 is 11.6 Å². The number of hydrogen-bond acceptors (Lipinski definition) is 2. The fraction of sp³-hybridized carbons (Fsp3) is 0.167. The molecule has 0 saturated heterocycles. The van der Waals surface area contributed by atoms with Crippen molar-refractivity contribution in [3.8, 4) is 0 Å². The molecule has 5 heteroatoms. The second-order valence-electron chi connectivity index (χ2n) is 3.71. The third-order valence-corrected chi connectivity index (χ3v) is 4.01. The normalized spacial score (nSPS) is 12.7. The van der Waals surface area contributed by atoms with Gasteiger partial charge in [0.1, 0.15) is 0 Å². The van der Waals surface area contributed by atoms with Gasteiger partial charge in [-0.05, 0) is 51.0 Å². The van der Waals surface area contributed by atoms with Gasteiger partial charge in [0, 0.05) is 6.04 Å². The van der Waals surface area contributed by atoms with Crippen molar-refractivity contribution < 1.29 is 8.78 Å². The summed E-state index contributed by atoms with van der Waals surface area (Å²) in [5.41, 5.74) is 7.18. The van der Waals surface area contributed by atoms with Crippen molar-refractivity contribution in [3.63, 3.8) is 0 Å². The van der Waals surface area contributed by atoms with Gasteiger partial charge in [-0.3, -0.25) is 0 Å². The molecule has 0 aliphatic carbocycles. The summed E-state index contributed by atoms with van der Waals surface area (Å²) in [6.45, 7) is 0. The zero-order valence-electron chi connectivity index (χ0n) is 8.79. The second-order valence-corrected chi connectivity index (χ2v) is 6.00. The van der Waals surface area contributed by atoms with Gasteiger partial charge in [0.15, 0.2) is 11.6 Å². The van der Waals surface area contributed by atoms with Crippen molar-refractivity contribution >= 4 is 27.3 Å². The largest absolute Gasteiger partial charge is 0.324 e. The summed E-state index contributed by atoms with van der Waals surface area (Å²) in [6, 6.07) is 5.72. The Bertz CT molecular complexity index is 527. The van der Waals surface area contributed by atoms with E-state index in [1.54, 1.807) is 6.07 Å². The quantitative estimate of drug-likeness (QED) is 0.908. The van der Waals surface area contributed by atoms with Crippen LogP contribution in [0.1, 0.15) is 17.2 Å². The van der Waals surface area contributed by atoms with Crippen LogP contribution in [0.2, 0.25) is 0 Å². The van der Waals surface area contributed by atoms with Crippen molar-refractivity contribution in [2.24, 2.45) is 5.73 Å². The first-order valence-electron chi connectivity index (χ1n) is 5.00. The molecule has 0 bridgehead atoms. The standard InChI is InChI=1S/C12H10BrF2NS/c13-11-5-8(6-17-11)10(16)4-7-2-1-3-9(14)12(7)15/h1-3,5-6,10H,4,16H2. The third kappa shape index (κ3) is 2.91. The maximum absolute atomic E-state index is 13.4. The van der Waals surface area contributed by atoms with Crippen LogP contribution < -0.4 is 5.73 Å². The summed E-state index contributed by atoms with van der Waals surface area (Å²) in [5, 5.41) is 1.91. The van der Waals surface area contributed by atoms with Crippen LogP contribution in [0.15, 0.2) is 33.4 Å². The molecule has 1 aromatic carbocycles. The van der Waals surface area contributed by atoms with Crippen LogP contribution >= 0.6 is 27.3 Å². The van der Waals surface area contributed by atoms with Crippen LogP contribution in [-0.4, -0.2) is 0 Å². The van der Waals surface area contributed by atoms with Crippen molar-refractivity contribution in [1.82, 2.24) is 0 Å². The van der Waals surface area contributed by atoms with Crippen LogP contribution in [0, 0.1) is 11.6 Å². The lowest BCUT2D eigenvalue weighted by atomic mass is 10.0. The molecule has 1 unspecified atom stereocenters. The Morgan fingerprint density at radius 2 is 2.12 bits per heavy atom. The highest BCUT2D eigenvalue weighted by Gasteiger charge is 2.13. The zero-order chi connectivity index (χ0) is 12.4. The van der Waals surface area contributed by atoms with Crippen LogP contribution in [0.25, 0.3) is 0 Å². The van der Waals surface area contributed by atoms with E-state index in [9.17, 15) is 8.78 Å². The van der Waals surface area contributed by atoms with Crippen molar-refractivity contribution in [1.29, 1.82) is 0 Å². The number of rotatable bonds is 3. The molecule has 0 radical (unpaired) electrons. The molecule has 17 heavy (non-hydrogen) atoms. The minimum absolute atomic E-state index is 0.284. The van der Waals surface area contributed by atoms with Crippen LogP contribution in [0.5, 0.6) is 0 Å². The topological polar surface area (TPSA) is 26.0 Å². The average Bonchev–Trinajstić information content (AvgIpc) is 2.72. The monoisotopic (exact) mass is 317 g/mol. The smallest absolute Gasteiger partial charge is 0.162 e. The van der Waals surface area contributed by atoms with Crippen LogP contribution in [0.4, 0.5) is 8.78 Å². The molecule has 0 saturated carbocycles. The number of nitrogens with two attached hydrogens (primary N) is 1. The fourth-order valence-corrected chi connectivity index (χ4v) is 2.82. The first-order chi connectivity index (χ1) is 8.08. The summed E-state index contributed by atoms with van der Waals surface area (Å²) in [5.74, 6) is -1.64. The summed E-state index contributed by atoms with van der Waals surface area (Å²) >= 11 is 4.86. The molecular formula is C12H10BrF2NS. The number of benzene rings is 1. The van der Waals surface area contributed by atoms with Crippen molar-refractivity contribution in [3.05, 3.63) is 56.2 Å². The Balaban J connectivity index is 2.18. The first-order valence-corrected chi connectivity index (χ1v) is 6.67. The summed E-state index contributed by atoms with van der Waals surface area (Å²) < 4.78 is 27.4. The molecule has 1 nitrogen and oxygen atoms in total. The molecule has 2 aromatic rings. The third-order valence-electron chi connectivity index (χ3n) is 2.49. The lowest BCUT2D eigenvalue weighted by Gasteiger charge is -2.10. The highest BCUT2D eigenvalue weighted by atomic mass is 79.9. The highest BCUT2D eigenvalue weighted by molar-refractivity contribution is 9.11. The molecule has 1 heterocycles. The zero-order valence-corrected chi connectivity index (χ0v) is 11.2. The van der Waals surface area contributed by atoms with Crippen LogP contribution in [-0.2, 0) is 6.42 Å². The Morgan fingerprint density at radius 3 is 2.76 bits per heavy atom. The summed E-state index contributed by atoms with van der Waals surface area (Å²) in [6.07, 6.45) is 0.284. The maximum atomic E-state index is 13.4. The average molecular weight is 318 g/mol. The van der Waals surface area contributed by atoms with E-state index in [0.717, 1.165) is 15.4 Å². The minimum Gasteiger partial charge on any atom is -0.324 e. The Labute approximate surface area is 110 Å². The highest BCUT2D eigenvalue weighted by Crippen LogP contribution is 2.26. The number of hydrogen-bond donors (Lipinski definition) is 1. The molecule has 0 amide bonds. The molecule has 0 aliphatic heterocycles. The van der Waals surface area contributed by atoms with Gasteiger partial charge in [-0.25, -0.2) is 8.78 Å². The fourth-order valence-electron chi connectivity index (χ4n) is 1.58. The Kier molecular flexibility index (Phi) is 3.91. The van der Waals surface area contributed by atoms with Gasteiger partial charge in [-0.1, -0.05) is 12.1 Å². The van der Waals surface area contributed by atoms with Crippen LogP contribution in [0.3, 0.4) is 0 Å². The van der Waals surface area contributed by atoms with E-state index in [-0.39, 0.29) is 12.5 Å². The van der Waals surface area contributed by atoms with E-state index >= 15 is 0 Å². The van der Waals surface area contributed by atoms with Gasteiger partial charge in [0.05, 0.1) is 3.79 Å². The predicted octanol–water partition coefficient (Wildman–Crippen LogP) is 4.03. The maximum Gasteiger partial charge on any atom is 0.162 e. The lowest BCUT2D eigenvalue weighted by Crippen LogP contribution is -2.13. The minimum atomic E-state index is -0.832. The lowest BCUT2D eigenvalue weighted by molar-refractivity contribution is 0.494. The van der Waals surface area contributed by atoms with Gasteiger partial charge >= 0.3 is 0 Å². The number of halogens is 3. The second kappa shape index (κ2) is 5.25. The van der Waals surface area contributed by atoms with Crippen molar-refractivity contribution in [2.75, 3.05) is 0 Å². The number of thiophene rings is 1. The van der Waals surface area contributed by atoms with Gasteiger partial charge in [0.25, 0.3) is 0 Å². The van der Waals surface area contributed by atoms with E-state index in [4.69, 9.17) is 5.73 Å². The summed E-state index contributed by atoms with van der Waals surface area (Å²) in [4.78, 5) is 0. The molecule has 0 spiro atoms. The molecule has 2 N–H and O–H groups in total. The van der Waals surface area contributed by atoms with Gasteiger partial charge < -0.3 is 5.73 Å². The predicted molar refractivity (Wildman–Crippen MR) is 69.0 cm³/mol. The molecule has 2 rings (SSSR count). The van der Waals surface area contributed by atoms with Crippen molar-refractivity contribution in [2.45, 2.75) is 12.5 Å². The van der Waals surface area contributed by atoms with E-state index in [1.807, 2.05) is 11.4 Å². The molecule has 1 atom stereocenters. The molecule has 0 aliphatic rings. The summed E-state index contributed by atoms with van der Waals surface area (Å²) in [7, 11) is 0. The van der Waals surface area contributed by atoms with E-state index in [2.05, 4.69) is 15.9 Å². The SMILES string of the molecule is NC(Cc1cccc(F)c1F)c1csc(Br)c1. The van der Waals surface area contributed by atoms with Gasteiger partial charge in [0.2, 0.25) is 0 Å². The first kappa shape index (κ1) is 12.7. The Hall–Kier alpha value is -0.780. The molecule has 90 valence electrons. The van der Waals surface area contributed by atoms with E-state index in [1.165, 1.54) is 17.4 Å². The molecule has 0 fully saturated rings.